The van der Waals surface area contributed by atoms with Gasteiger partial charge in [0, 0.05) is 31.9 Å². The number of nitrogens with zero attached hydrogens (tertiary/aromatic N) is 3. The summed E-state index contributed by atoms with van der Waals surface area (Å²) < 4.78 is 4.90. The number of esters is 1. The Balaban J connectivity index is 1.66. The highest BCUT2D eigenvalue weighted by molar-refractivity contribution is 5.72. The number of para-hydroxylation sites is 1. The highest BCUT2D eigenvalue weighted by Gasteiger charge is 2.29. The van der Waals surface area contributed by atoms with Gasteiger partial charge in [-0.25, -0.2) is 0 Å². The summed E-state index contributed by atoms with van der Waals surface area (Å²) in [6.45, 7) is 5.01. The fraction of sp³-hybridized carbons (Fsp3) is 0.650. The molecule has 0 radical (unpaired) electrons. The maximum atomic E-state index is 11.8. The van der Waals surface area contributed by atoms with Gasteiger partial charge in [0.1, 0.15) is 0 Å². The van der Waals surface area contributed by atoms with E-state index in [0.717, 1.165) is 26.1 Å². The Morgan fingerprint density at radius 3 is 2.64 bits per heavy atom. The van der Waals surface area contributed by atoms with E-state index in [0.29, 0.717) is 6.04 Å². The molecule has 0 saturated carbocycles. The number of hydrogen-bond acceptors (Lipinski definition) is 5. The number of anilines is 1. The molecule has 0 aromatic heterocycles. The third-order valence-corrected chi connectivity index (χ3v) is 5.81. The van der Waals surface area contributed by atoms with Gasteiger partial charge in [-0.15, -0.1) is 0 Å². The first kappa shape index (κ1) is 18.2. The van der Waals surface area contributed by atoms with Gasteiger partial charge >= 0.3 is 5.97 Å². The Labute approximate surface area is 151 Å². The normalized spacial score (nSPS) is 22.9. The number of piperidine rings is 1. The predicted octanol–water partition coefficient (Wildman–Crippen LogP) is 2.21. The topological polar surface area (TPSA) is 36.0 Å². The molecule has 25 heavy (non-hydrogen) atoms. The lowest BCUT2D eigenvalue weighted by molar-refractivity contribution is -0.144. The van der Waals surface area contributed by atoms with Crippen molar-refractivity contribution in [2.24, 2.45) is 5.92 Å². The third kappa shape index (κ3) is 4.33. The molecule has 0 spiro atoms. The summed E-state index contributed by atoms with van der Waals surface area (Å²) in [5.74, 6) is -0.0389. The molecule has 138 valence electrons. The second-order valence-electron chi connectivity index (χ2n) is 7.52. The summed E-state index contributed by atoms with van der Waals surface area (Å²) in [5.41, 5.74) is 2.69. The number of hydrogen-bond donors (Lipinski definition) is 0. The highest BCUT2D eigenvalue weighted by atomic mass is 16.5. The second-order valence-corrected chi connectivity index (χ2v) is 7.52. The van der Waals surface area contributed by atoms with E-state index in [9.17, 15) is 4.79 Å². The van der Waals surface area contributed by atoms with Gasteiger partial charge in [-0.2, -0.15) is 0 Å². The van der Waals surface area contributed by atoms with Gasteiger partial charge in [0.25, 0.3) is 0 Å². The zero-order valence-electron chi connectivity index (χ0n) is 15.8. The van der Waals surface area contributed by atoms with E-state index in [-0.39, 0.29) is 11.9 Å². The van der Waals surface area contributed by atoms with Crippen molar-refractivity contribution in [2.75, 3.05) is 52.3 Å². The molecule has 2 fully saturated rings. The molecule has 5 heteroatoms. The lowest BCUT2D eigenvalue weighted by atomic mass is 10.0. The lowest BCUT2D eigenvalue weighted by Crippen LogP contribution is -2.42. The molecule has 2 heterocycles. The third-order valence-electron chi connectivity index (χ3n) is 5.81. The van der Waals surface area contributed by atoms with Crippen LogP contribution in [0.1, 0.15) is 24.8 Å². The van der Waals surface area contributed by atoms with E-state index < -0.39 is 0 Å². The summed E-state index contributed by atoms with van der Waals surface area (Å²) in [6.07, 6.45) is 3.34. The predicted molar refractivity (Wildman–Crippen MR) is 101 cm³/mol. The maximum absolute atomic E-state index is 11.8. The Kier molecular flexibility index (Phi) is 5.97. The Hall–Kier alpha value is -1.59. The Bertz CT molecular complexity index is 584. The van der Waals surface area contributed by atoms with Gasteiger partial charge in [-0.1, -0.05) is 18.2 Å². The number of carbonyl (C=O) groups is 1. The number of carbonyl (C=O) groups excluding carboxylic acids is 1. The quantitative estimate of drug-likeness (QED) is 0.765. The van der Waals surface area contributed by atoms with Crippen molar-refractivity contribution in [1.29, 1.82) is 0 Å². The summed E-state index contributed by atoms with van der Waals surface area (Å²) in [7, 11) is 5.92. The van der Waals surface area contributed by atoms with Crippen LogP contribution < -0.4 is 4.90 Å². The first-order valence-electron chi connectivity index (χ1n) is 9.38. The molecule has 0 N–H and O–H groups in total. The van der Waals surface area contributed by atoms with E-state index in [4.69, 9.17) is 4.74 Å². The molecule has 0 bridgehead atoms. The molecule has 0 amide bonds. The second kappa shape index (κ2) is 8.19. The maximum Gasteiger partial charge on any atom is 0.310 e. The minimum atomic E-state index is -0.0702. The number of likely N-dealkylation sites (tertiary alicyclic amines) is 2. The van der Waals surface area contributed by atoms with Gasteiger partial charge in [0.2, 0.25) is 0 Å². The van der Waals surface area contributed by atoms with Crippen LogP contribution in [0.5, 0.6) is 0 Å². The van der Waals surface area contributed by atoms with Crippen LogP contribution in [-0.4, -0.2) is 69.2 Å². The first-order chi connectivity index (χ1) is 12.1. The van der Waals surface area contributed by atoms with Crippen LogP contribution in [0.25, 0.3) is 0 Å². The van der Waals surface area contributed by atoms with E-state index in [1.807, 2.05) is 0 Å². The fourth-order valence-electron chi connectivity index (χ4n) is 4.14. The molecule has 0 unspecified atom stereocenters. The van der Waals surface area contributed by atoms with E-state index in [1.165, 1.54) is 44.3 Å². The van der Waals surface area contributed by atoms with Crippen molar-refractivity contribution in [3.05, 3.63) is 29.8 Å². The minimum absolute atomic E-state index is 0.0313. The molecule has 2 aliphatic heterocycles. The Morgan fingerprint density at radius 1 is 1.20 bits per heavy atom. The number of rotatable bonds is 5. The Morgan fingerprint density at radius 2 is 1.92 bits per heavy atom. The van der Waals surface area contributed by atoms with E-state index in [1.54, 1.807) is 0 Å². The molecule has 3 rings (SSSR count). The van der Waals surface area contributed by atoms with Crippen molar-refractivity contribution in [2.45, 2.75) is 31.8 Å². The number of methoxy groups -OCH3 is 1. The van der Waals surface area contributed by atoms with Crippen LogP contribution in [0.2, 0.25) is 0 Å². The van der Waals surface area contributed by atoms with E-state index in [2.05, 4.69) is 53.1 Å². The molecular weight excluding hydrogens is 314 g/mol. The minimum Gasteiger partial charge on any atom is -0.469 e. The van der Waals surface area contributed by atoms with Crippen molar-refractivity contribution >= 4 is 11.7 Å². The largest absolute Gasteiger partial charge is 0.469 e. The van der Waals surface area contributed by atoms with Crippen molar-refractivity contribution in [1.82, 2.24) is 9.80 Å². The SMILES string of the molecule is COC(=O)[C@H]1CCN(Cc2ccccc2N(C)C2CCN(C)CC2)C1. The van der Waals surface area contributed by atoms with Crippen LogP contribution >= 0.6 is 0 Å². The average molecular weight is 345 g/mol. The zero-order chi connectivity index (χ0) is 17.8. The van der Waals surface area contributed by atoms with Crippen molar-refractivity contribution < 1.29 is 9.53 Å². The van der Waals surface area contributed by atoms with E-state index >= 15 is 0 Å². The molecule has 1 aromatic carbocycles. The molecule has 1 atom stereocenters. The van der Waals surface area contributed by atoms with Crippen LogP contribution in [0.4, 0.5) is 5.69 Å². The van der Waals surface area contributed by atoms with Crippen LogP contribution in [-0.2, 0) is 16.1 Å². The van der Waals surface area contributed by atoms with Crippen LogP contribution in [0, 0.1) is 5.92 Å². The standard InChI is InChI=1S/C20H31N3O2/c1-21-11-9-18(10-12-21)22(2)19-7-5-4-6-16(19)14-23-13-8-17(15-23)20(24)25-3/h4-7,17-18H,8-15H2,1-3H3/t17-/m0/s1. The average Bonchev–Trinajstić information content (AvgIpc) is 3.10. The molecular formula is C20H31N3O2. The zero-order valence-corrected chi connectivity index (χ0v) is 15.8. The molecule has 1 aromatic rings. The van der Waals surface area contributed by atoms with Gasteiger partial charge in [0.05, 0.1) is 13.0 Å². The summed E-state index contributed by atoms with van der Waals surface area (Å²) >= 11 is 0. The summed E-state index contributed by atoms with van der Waals surface area (Å²) in [4.78, 5) is 19.0. The molecule has 2 aliphatic rings. The van der Waals surface area contributed by atoms with Crippen LogP contribution in [0.15, 0.2) is 24.3 Å². The van der Waals surface area contributed by atoms with Gasteiger partial charge in [0.15, 0.2) is 0 Å². The smallest absolute Gasteiger partial charge is 0.310 e. The number of ether oxygens (including phenoxy) is 1. The highest BCUT2D eigenvalue weighted by Crippen LogP contribution is 2.28. The summed E-state index contributed by atoms with van der Waals surface area (Å²) in [5, 5.41) is 0. The molecule has 2 saturated heterocycles. The monoisotopic (exact) mass is 345 g/mol. The van der Waals surface area contributed by atoms with Gasteiger partial charge in [-0.3, -0.25) is 9.69 Å². The van der Waals surface area contributed by atoms with Crippen LogP contribution in [0.3, 0.4) is 0 Å². The number of benzene rings is 1. The van der Waals surface area contributed by atoms with Crippen molar-refractivity contribution in [3.8, 4) is 0 Å². The lowest BCUT2D eigenvalue weighted by Gasteiger charge is -2.37. The summed E-state index contributed by atoms with van der Waals surface area (Å²) in [6, 6.07) is 9.33. The molecule has 5 nitrogen and oxygen atoms in total. The first-order valence-corrected chi connectivity index (χ1v) is 9.38. The molecule has 0 aliphatic carbocycles. The van der Waals surface area contributed by atoms with Gasteiger partial charge in [-0.05, 0) is 57.6 Å². The van der Waals surface area contributed by atoms with Crippen molar-refractivity contribution in [3.63, 3.8) is 0 Å². The fourth-order valence-corrected chi connectivity index (χ4v) is 4.14. The van der Waals surface area contributed by atoms with Gasteiger partial charge < -0.3 is 14.5 Å².